The fourth-order valence-corrected chi connectivity index (χ4v) is 2.79. The third-order valence-electron chi connectivity index (χ3n) is 2.72. The van der Waals surface area contributed by atoms with Gasteiger partial charge in [0, 0.05) is 16.3 Å². The van der Waals surface area contributed by atoms with Crippen molar-refractivity contribution >= 4 is 22.9 Å². The molecule has 0 atom stereocenters. The number of benzene rings is 1. The first kappa shape index (κ1) is 14.4. The predicted molar refractivity (Wildman–Crippen MR) is 82.2 cm³/mol. The molecule has 4 heteroatoms. The van der Waals surface area contributed by atoms with Gasteiger partial charge in [0.15, 0.2) is 0 Å². The van der Waals surface area contributed by atoms with Crippen molar-refractivity contribution in [2.75, 3.05) is 6.54 Å². The molecule has 0 aliphatic rings. The van der Waals surface area contributed by atoms with Crippen molar-refractivity contribution in [3.8, 4) is 5.75 Å². The van der Waals surface area contributed by atoms with Crippen LogP contribution in [0.15, 0.2) is 30.3 Å². The topological polar surface area (TPSA) is 21.3 Å². The highest BCUT2D eigenvalue weighted by Crippen LogP contribution is 2.27. The molecule has 2 rings (SSSR count). The quantitative estimate of drug-likeness (QED) is 0.853. The first-order valence-corrected chi connectivity index (χ1v) is 7.55. The van der Waals surface area contributed by atoms with Crippen LogP contribution in [0.5, 0.6) is 5.75 Å². The summed E-state index contributed by atoms with van der Waals surface area (Å²) in [6.45, 7) is 6.62. The van der Waals surface area contributed by atoms with E-state index in [9.17, 15) is 0 Å². The Labute approximate surface area is 123 Å². The van der Waals surface area contributed by atoms with Crippen LogP contribution in [0.3, 0.4) is 0 Å². The molecule has 0 bridgehead atoms. The number of rotatable bonds is 6. The Kier molecular flexibility index (Phi) is 5.25. The van der Waals surface area contributed by atoms with Gasteiger partial charge in [0.05, 0.1) is 5.02 Å². The summed E-state index contributed by atoms with van der Waals surface area (Å²) < 4.78 is 5.78. The molecule has 0 saturated carbocycles. The van der Waals surface area contributed by atoms with Crippen molar-refractivity contribution in [3.05, 3.63) is 50.7 Å². The van der Waals surface area contributed by atoms with Crippen LogP contribution in [0.4, 0.5) is 0 Å². The molecule has 2 nitrogen and oxygen atoms in total. The lowest BCUT2D eigenvalue weighted by molar-refractivity contribution is 0.310. The maximum atomic E-state index is 6.10. The summed E-state index contributed by atoms with van der Waals surface area (Å²) in [6.07, 6.45) is 0. The fourth-order valence-electron chi connectivity index (χ4n) is 1.71. The third kappa shape index (κ3) is 4.23. The van der Waals surface area contributed by atoms with Crippen LogP contribution >= 0.6 is 22.9 Å². The van der Waals surface area contributed by atoms with E-state index in [4.69, 9.17) is 16.3 Å². The molecule has 0 saturated heterocycles. The molecule has 2 aromatic rings. The zero-order chi connectivity index (χ0) is 13.7. The lowest BCUT2D eigenvalue weighted by atomic mass is 10.2. The van der Waals surface area contributed by atoms with Crippen LogP contribution in [-0.2, 0) is 13.2 Å². The Bertz CT molecular complexity index is 539. The largest absolute Gasteiger partial charge is 0.486 e. The molecule has 0 unspecified atom stereocenters. The molecule has 19 heavy (non-hydrogen) atoms. The molecule has 1 aromatic carbocycles. The number of aryl methyl sites for hydroxylation is 1. The van der Waals surface area contributed by atoms with Crippen LogP contribution < -0.4 is 10.1 Å². The summed E-state index contributed by atoms with van der Waals surface area (Å²) >= 11 is 7.88. The summed E-state index contributed by atoms with van der Waals surface area (Å²) in [4.78, 5) is 2.54. The van der Waals surface area contributed by atoms with Crippen molar-refractivity contribution < 1.29 is 4.74 Å². The molecule has 0 fully saturated rings. The maximum Gasteiger partial charge on any atom is 0.138 e. The molecule has 1 N–H and O–H groups in total. The van der Waals surface area contributed by atoms with E-state index in [2.05, 4.69) is 24.4 Å². The van der Waals surface area contributed by atoms with Gasteiger partial charge in [-0.1, -0.05) is 24.6 Å². The Morgan fingerprint density at radius 3 is 2.79 bits per heavy atom. The van der Waals surface area contributed by atoms with Crippen LogP contribution in [0.1, 0.15) is 22.2 Å². The van der Waals surface area contributed by atoms with Gasteiger partial charge in [0.2, 0.25) is 0 Å². The molecule has 1 heterocycles. The van der Waals surface area contributed by atoms with Gasteiger partial charge in [-0.3, -0.25) is 0 Å². The SMILES string of the molecule is CCNCc1ccc(COc2cc(C)ccc2Cl)s1. The highest BCUT2D eigenvalue weighted by molar-refractivity contribution is 7.11. The second kappa shape index (κ2) is 6.94. The second-order valence-electron chi connectivity index (χ2n) is 4.37. The lowest BCUT2D eigenvalue weighted by Gasteiger charge is -2.07. The van der Waals surface area contributed by atoms with Crippen LogP contribution in [-0.4, -0.2) is 6.54 Å². The Morgan fingerprint density at radius 1 is 1.21 bits per heavy atom. The van der Waals surface area contributed by atoms with Crippen LogP contribution in [0.2, 0.25) is 5.02 Å². The van der Waals surface area contributed by atoms with Crippen molar-refractivity contribution in [2.24, 2.45) is 0 Å². The third-order valence-corrected chi connectivity index (χ3v) is 4.09. The van der Waals surface area contributed by atoms with E-state index >= 15 is 0 Å². The molecule has 1 aromatic heterocycles. The van der Waals surface area contributed by atoms with Crippen LogP contribution in [0.25, 0.3) is 0 Å². The molecule has 0 aliphatic carbocycles. The zero-order valence-electron chi connectivity index (χ0n) is 11.2. The Hall–Kier alpha value is -1.03. The van der Waals surface area contributed by atoms with Crippen molar-refractivity contribution in [1.29, 1.82) is 0 Å². The Morgan fingerprint density at radius 2 is 2.00 bits per heavy atom. The van der Waals surface area contributed by atoms with E-state index in [1.165, 1.54) is 9.75 Å². The molecular formula is C15H18ClNOS. The van der Waals surface area contributed by atoms with E-state index in [0.717, 1.165) is 24.4 Å². The highest BCUT2D eigenvalue weighted by Gasteiger charge is 2.04. The highest BCUT2D eigenvalue weighted by atomic mass is 35.5. The molecule has 0 amide bonds. The minimum Gasteiger partial charge on any atom is -0.486 e. The monoisotopic (exact) mass is 295 g/mol. The van der Waals surface area contributed by atoms with Gasteiger partial charge in [-0.2, -0.15) is 0 Å². The summed E-state index contributed by atoms with van der Waals surface area (Å²) in [7, 11) is 0. The number of hydrogen-bond acceptors (Lipinski definition) is 3. The second-order valence-corrected chi connectivity index (χ2v) is 6.03. The van der Waals surface area contributed by atoms with Crippen LogP contribution in [0, 0.1) is 6.92 Å². The van der Waals surface area contributed by atoms with E-state index in [0.29, 0.717) is 11.6 Å². The summed E-state index contributed by atoms with van der Waals surface area (Å²) in [5.74, 6) is 0.753. The minimum atomic E-state index is 0.569. The first-order valence-electron chi connectivity index (χ1n) is 6.36. The number of nitrogens with one attached hydrogen (secondary N) is 1. The lowest BCUT2D eigenvalue weighted by Crippen LogP contribution is -2.10. The maximum absolute atomic E-state index is 6.10. The first-order chi connectivity index (χ1) is 9.19. The molecule has 0 radical (unpaired) electrons. The van der Waals surface area contributed by atoms with Crippen molar-refractivity contribution in [1.82, 2.24) is 5.32 Å². The van der Waals surface area contributed by atoms with Gasteiger partial charge in [-0.25, -0.2) is 0 Å². The fraction of sp³-hybridized carbons (Fsp3) is 0.333. The smallest absolute Gasteiger partial charge is 0.138 e. The van der Waals surface area contributed by atoms with Crippen molar-refractivity contribution in [2.45, 2.75) is 27.0 Å². The molecule has 0 aliphatic heterocycles. The average Bonchev–Trinajstić information content (AvgIpc) is 2.85. The molecule has 0 spiro atoms. The number of hydrogen-bond donors (Lipinski definition) is 1. The van der Waals surface area contributed by atoms with Crippen molar-refractivity contribution in [3.63, 3.8) is 0 Å². The standard InChI is InChI=1S/C15H18ClNOS/c1-3-17-9-12-5-6-13(19-12)10-18-15-8-11(2)4-7-14(15)16/h4-8,17H,3,9-10H2,1-2H3. The van der Waals surface area contributed by atoms with Gasteiger partial charge >= 0.3 is 0 Å². The van der Waals surface area contributed by atoms with E-state index in [-0.39, 0.29) is 0 Å². The van der Waals surface area contributed by atoms with Gasteiger partial charge < -0.3 is 10.1 Å². The normalized spacial score (nSPS) is 10.7. The van der Waals surface area contributed by atoms with Gasteiger partial charge in [-0.05, 0) is 43.3 Å². The predicted octanol–water partition coefficient (Wildman–Crippen LogP) is 4.40. The van der Waals surface area contributed by atoms with Gasteiger partial charge in [0.1, 0.15) is 12.4 Å². The minimum absolute atomic E-state index is 0.569. The summed E-state index contributed by atoms with van der Waals surface area (Å²) in [5, 5.41) is 3.98. The number of halogens is 1. The zero-order valence-corrected chi connectivity index (χ0v) is 12.8. The summed E-state index contributed by atoms with van der Waals surface area (Å²) in [5.41, 5.74) is 1.15. The molecular weight excluding hydrogens is 278 g/mol. The average molecular weight is 296 g/mol. The van der Waals surface area contributed by atoms with E-state index < -0.39 is 0 Å². The van der Waals surface area contributed by atoms with E-state index in [1.807, 2.05) is 25.1 Å². The Balaban J connectivity index is 1.94. The summed E-state index contributed by atoms with van der Waals surface area (Å²) in [6, 6.07) is 10.1. The van der Waals surface area contributed by atoms with Gasteiger partial charge in [-0.15, -0.1) is 11.3 Å². The van der Waals surface area contributed by atoms with E-state index in [1.54, 1.807) is 11.3 Å². The van der Waals surface area contributed by atoms with Gasteiger partial charge in [0.25, 0.3) is 0 Å². The molecule has 102 valence electrons. The number of thiophene rings is 1. The number of ether oxygens (including phenoxy) is 1.